The van der Waals surface area contributed by atoms with E-state index in [1.54, 1.807) is 31.5 Å². The van der Waals surface area contributed by atoms with Crippen molar-refractivity contribution in [3.05, 3.63) is 79.5 Å². The smallest absolute Gasteiger partial charge is 0.269 e. The first-order chi connectivity index (χ1) is 13.4. The molecule has 4 aromatic rings. The summed E-state index contributed by atoms with van der Waals surface area (Å²) in [5.74, 6) is 0.381. The number of nitro benzene ring substituents is 1. The van der Waals surface area contributed by atoms with Crippen molar-refractivity contribution in [3.63, 3.8) is 0 Å². The summed E-state index contributed by atoms with van der Waals surface area (Å²) in [7, 11) is 0. The van der Waals surface area contributed by atoms with Crippen LogP contribution in [0.4, 0.5) is 5.69 Å². The number of H-pyrrole nitrogens is 1. The first-order valence-electron chi connectivity index (χ1n) is 8.24. The number of hydrogen-bond donors (Lipinski definition) is 1. The van der Waals surface area contributed by atoms with Gasteiger partial charge in [0.2, 0.25) is 0 Å². The van der Waals surface area contributed by atoms with Gasteiger partial charge in [-0.1, -0.05) is 11.6 Å². The van der Waals surface area contributed by atoms with Crippen LogP contribution < -0.4 is 5.56 Å². The lowest BCUT2D eigenvalue weighted by atomic mass is 10.2. The van der Waals surface area contributed by atoms with Crippen LogP contribution >= 0.6 is 11.6 Å². The number of nitro groups is 1. The summed E-state index contributed by atoms with van der Waals surface area (Å²) in [4.78, 5) is 34.4. The predicted molar refractivity (Wildman–Crippen MR) is 103 cm³/mol. The van der Waals surface area contributed by atoms with E-state index in [-0.39, 0.29) is 17.8 Å². The van der Waals surface area contributed by atoms with Gasteiger partial charge in [-0.05, 0) is 30.7 Å². The highest BCUT2D eigenvalue weighted by atomic mass is 35.5. The summed E-state index contributed by atoms with van der Waals surface area (Å²) in [6.45, 7) is 1.84. The van der Waals surface area contributed by atoms with Crippen LogP contribution in [0.25, 0.3) is 22.4 Å². The lowest BCUT2D eigenvalue weighted by Crippen LogP contribution is -2.11. The molecule has 1 aromatic carbocycles. The third kappa shape index (κ3) is 3.12. The molecule has 0 amide bonds. The number of rotatable bonds is 4. The standard InChI is InChI=1S/C18H13ClN6O3/c1-10-15-17(21-16(22-18(15)26)11-4-6-20-7-5-11)24(23-10)9-12-8-13(25(27)28)2-3-14(12)19/h2-8H,9H2,1H3,(H,21,22,26). The number of hydrogen-bond acceptors (Lipinski definition) is 6. The first-order valence-corrected chi connectivity index (χ1v) is 8.62. The van der Waals surface area contributed by atoms with E-state index in [1.165, 1.54) is 22.9 Å². The SMILES string of the molecule is Cc1nn(Cc2cc([N+](=O)[O-])ccc2Cl)c2nc(-c3ccncc3)[nH]c(=O)c12. The second-order valence-electron chi connectivity index (χ2n) is 6.12. The fourth-order valence-electron chi connectivity index (χ4n) is 2.97. The van der Waals surface area contributed by atoms with Crippen LogP contribution in [0.3, 0.4) is 0 Å². The van der Waals surface area contributed by atoms with Gasteiger partial charge in [0, 0.05) is 35.1 Å². The zero-order valence-corrected chi connectivity index (χ0v) is 15.3. The van der Waals surface area contributed by atoms with Crippen LogP contribution in [0.2, 0.25) is 5.02 Å². The van der Waals surface area contributed by atoms with Crippen molar-refractivity contribution in [1.82, 2.24) is 24.7 Å². The summed E-state index contributed by atoms with van der Waals surface area (Å²) in [6.07, 6.45) is 3.20. The highest BCUT2D eigenvalue weighted by Gasteiger charge is 2.17. The highest BCUT2D eigenvalue weighted by molar-refractivity contribution is 6.31. The third-order valence-electron chi connectivity index (χ3n) is 4.29. The Kier molecular flexibility index (Phi) is 4.36. The van der Waals surface area contributed by atoms with Gasteiger partial charge in [-0.25, -0.2) is 9.67 Å². The second-order valence-corrected chi connectivity index (χ2v) is 6.53. The quantitative estimate of drug-likeness (QED) is 0.418. The van der Waals surface area contributed by atoms with Crippen molar-refractivity contribution in [1.29, 1.82) is 0 Å². The van der Waals surface area contributed by atoms with Crippen LogP contribution in [0, 0.1) is 17.0 Å². The number of fused-ring (bicyclic) bond motifs is 1. The zero-order chi connectivity index (χ0) is 19.8. The van der Waals surface area contributed by atoms with Gasteiger partial charge in [-0.15, -0.1) is 0 Å². The van der Waals surface area contributed by atoms with Gasteiger partial charge in [-0.2, -0.15) is 5.10 Å². The van der Waals surface area contributed by atoms with Gasteiger partial charge in [0.15, 0.2) is 5.65 Å². The van der Waals surface area contributed by atoms with Crippen molar-refractivity contribution in [3.8, 4) is 11.4 Å². The highest BCUT2D eigenvalue weighted by Crippen LogP contribution is 2.24. The molecule has 0 aliphatic rings. The van der Waals surface area contributed by atoms with Crippen LogP contribution in [-0.4, -0.2) is 29.7 Å². The molecule has 9 nitrogen and oxygen atoms in total. The van der Waals surface area contributed by atoms with Crippen molar-refractivity contribution in [2.24, 2.45) is 0 Å². The number of non-ortho nitro benzene ring substituents is 1. The summed E-state index contributed by atoms with van der Waals surface area (Å²) in [6, 6.07) is 7.66. The molecule has 3 aromatic heterocycles. The maximum atomic E-state index is 12.6. The Balaban J connectivity index is 1.86. The third-order valence-corrected chi connectivity index (χ3v) is 4.66. The molecule has 0 atom stereocenters. The molecular formula is C18H13ClN6O3. The van der Waals surface area contributed by atoms with E-state index >= 15 is 0 Å². The predicted octanol–water partition coefficient (Wildman–Crippen LogP) is 3.10. The van der Waals surface area contributed by atoms with Gasteiger partial charge >= 0.3 is 0 Å². The molecule has 10 heteroatoms. The molecule has 0 radical (unpaired) electrons. The Labute approximate surface area is 162 Å². The van der Waals surface area contributed by atoms with E-state index in [9.17, 15) is 14.9 Å². The number of pyridine rings is 1. The minimum absolute atomic E-state index is 0.0733. The topological polar surface area (TPSA) is 120 Å². The number of halogens is 1. The minimum Gasteiger partial charge on any atom is -0.306 e. The van der Waals surface area contributed by atoms with E-state index in [2.05, 4.69) is 20.1 Å². The summed E-state index contributed by atoms with van der Waals surface area (Å²) >= 11 is 6.21. The number of nitrogens with zero attached hydrogens (tertiary/aromatic N) is 5. The number of nitrogens with one attached hydrogen (secondary N) is 1. The molecule has 3 heterocycles. The maximum absolute atomic E-state index is 12.6. The van der Waals surface area contributed by atoms with E-state index in [0.29, 0.717) is 38.7 Å². The molecule has 140 valence electrons. The second kappa shape index (κ2) is 6.86. The Hall–Kier alpha value is -3.59. The van der Waals surface area contributed by atoms with Gasteiger partial charge < -0.3 is 4.98 Å². The van der Waals surface area contributed by atoms with Crippen molar-refractivity contribution >= 4 is 28.3 Å². The molecule has 0 saturated carbocycles. The number of aromatic nitrogens is 5. The zero-order valence-electron chi connectivity index (χ0n) is 14.6. The number of benzene rings is 1. The van der Waals surface area contributed by atoms with Crippen LogP contribution in [-0.2, 0) is 6.54 Å². The molecule has 0 unspecified atom stereocenters. The fraction of sp³-hybridized carbons (Fsp3) is 0.111. The largest absolute Gasteiger partial charge is 0.306 e. The molecule has 0 saturated heterocycles. The summed E-state index contributed by atoms with van der Waals surface area (Å²) < 4.78 is 1.52. The van der Waals surface area contributed by atoms with E-state index in [0.717, 1.165) is 0 Å². The number of aryl methyl sites for hydroxylation is 1. The molecule has 28 heavy (non-hydrogen) atoms. The normalized spacial score (nSPS) is 11.1. The van der Waals surface area contributed by atoms with Gasteiger partial charge in [-0.3, -0.25) is 19.9 Å². The van der Waals surface area contributed by atoms with Gasteiger partial charge in [0.1, 0.15) is 11.2 Å². The fourth-order valence-corrected chi connectivity index (χ4v) is 3.14. The van der Waals surface area contributed by atoms with Crippen LogP contribution in [0.1, 0.15) is 11.3 Å². The van der Waals surface area contributed by atoms with Crippen molar-refractivity contribution < 1.29 is 4.92 Å². The molecule has 0 fully saturated rings. The molecule has 4 rings (SSSR count). The van der Waals surface area contributed by atoms with E-state index in [4.69, 9.17) is 11.6 Å². The minimum atomic E-state index is -0.489. The molecule has 0 aliphatic carbocycles. The maximum Gasteiger partial charge on any atom is 0.269 e. The summed E-state index contributed by atoms with van der Waals surface area (Å²) in [5, 5.41) is 16.2. The molecule has 0 spiro atoms. The van der Waals surface area contributed by atoms with Gasteiger partial charge in [0.05, 0.1) is 17.2 Å². The van der Waals surface area contributed by atoms with Gasteiger partial charge in [0.25, 0.3) is 11.2 Å². The Morgan fingerprint density at radius 1 is 1.25 bits per heavy atom. The molecule has 0 bridgehead atoms. The number of aromatic amines is 1. The van der Waals surface area contributed by atoms with Crippen LogP contribution in [0.5, 0.6) is 0 Å². The molecule has 0 aliphatic heterocycles. The Morgan fingerprint density at radius 2 is 2.00 bits per heavy atom. The average molecular weight is 397 g/mol. The van der Waals surface area contributed by atoms with Crippen molar-refractivity contribution in [2.75, 3.05) is 0 Å². The lowest BCUT2D eigenvalue weighted by molar-refractivity contribution is -0.384. The lowest BCUT2D eigenvalue weighted by Gasteiger charge is -2.07. The Bertz CT molecular complexity index is 1270. The van der Waals surface area contributed by atoms with E-state index < -0.39 is 4.92 Å². The van der Waals surface area contributed by atoms with E-state index in [1.807, 2.05) is 0 Å². The van der Waals surface area contributed by atoms with Crippen molar-refractivity contribution in [2.45, 2.75) is 13.5 Å². The molecular weight excluding hydrogens is 384 g/mol. The van der Waals surface area contributed by atoms with Crippen LogP contribution in [0.15, 0.2) is 47.5 Å². The monoisotopic (exact) mass is 396 g/mol. The first kappa shape index (κ1) is 17.8. The summed E-state index contributed by atoms with van der Waals surface area (Å²) in [5.41, 5.74) is 1.70. The average Bonchev–Trinajstić information content (AvgIpc) is 3.00. The Morgan fingerprint density at radius 3 is 2.71 bits per heavy atom. The molecule has 1 N–H and O–H groups in total.